The molecule has 0 spiro atoms. The fraction of sp³-hybridized carbons (Fsp3) is 0. The van der Waals surface area contributed by atoms with Gasteiger partial charge in [0.15, 0.2) is 11.4 Å². The average Bonchev–Trinajstić information content (AvgIpc) is 2.88. The second kappa shape index (κ2) is 21.9. The topological polar surface area (TPSA) is 74.1 Å². The highest BCUT2D eigenvalue weighted by Crippen LogP contribution is 2.45. The molecule has 0 radical (unpaired) electrons. The quantitative estimate of drug-likeness (QED) is 0.114. The van der Waals surface area contributed by atoms with Gasteiger partial charge in [-0.1, -0.05) is 170 Å². The molecule has 0 atom stereocenters. The van der Waals surface area contributed by atoms with Crippen LogP contribution in [0.1, 0.15) is 5.56 Å². The first-order valence-corrected chi connectivity index (χ1v) is 26.9. The van der Waals surface area contributed by atoms with E-state index in [-0.39, 0.29) is 0 Å². The number of hydrogen-bond donors (Lipinski definition) is 0. The summed E-state index contributed by atoms with van der Waals surface area (Å²) in [5, 5.41) is 13.0. The monoisotopic (exact) mass is 1060 g/mol. The molecule has 9 heteroatoms. The maximum atomic E-state index is 11.0. The van der Waals surface area contributed by atoms with Gasteiger partial charge < -0.3 is 14.4 Å². The van der Waals surface area contributed by atoms with E-state index in [1.165, 1.54) is 0 Å². The van der Waals surface area contributed by atoms with Gasteiger partial charge in [-0.3, -0.25) is 0 Å². The Balaban J connectivity index is 0.892. The Labute approximate surface area is 480 Å². The molecule has 0 aliphatic carbocycles. The number of fused-ring (bicyclic) bond motifs is 3. The zero-order valence-corrected chi connectivity index (χ0v) is 44.5. The van der Waals surface area contributed by atoms with Crippen LogP contribution in [0, 0.1) is 31.0 Å². The Bertz CT molecular complexity index is 4470. The lowest BCUT2D eigenvalue weighted by Gasteiger charge is -2.26. The summed E-state index contributed by atoms with van der Waals surface area (Å²) in [5.74, 6) is 0.400. The molecule has 0 fully saturated rings. The molecule has 0 bridgehead atoms. The Kier molecular flexibility index (Phi) is 13.3. The first-order valence-electron chi connectivity index (χ1n) is 26.9. The van der Waals surface area contributed by atoms with Gasteiger partial charge in [0.05, 0.1) is 59.5 Å². The third-order valence-electron chi connectivity index (χ3n) is 14.9. The lowest BCUT2D eigenvalue weighted by atomic mass is 9.95. The molecule has 0 amide bonds. The molecule has 83 heavy (non-hydrogen) atoms. The average molecular weight is 1060 g/mol. The van der Waals surface area contributed by atoms with Gasteiger partial charge in [0.1, 0.15) is 5.82 Å². The zero-order valence-electron chi connectivity index (χ0n) is 44.5. The summed E-state index contributed by atoms with van der Waals surface area (Å²) in [6.07, 6.45) is 0. The van der Waals surface area contributed by atoms with Crippen LogP contribution in [-0.4, -0.2) is 14.5 Å². The second-order valence-corrected chi connectivity index (χ2v) is 19.7. The molecular weight excluding hydrogens is 1010 g/mol. The smallest absolute Gasteiger partial charge is 0.211 e. The van der Waals surface area contributed by atoms with E-state index in [0.29, 0.717) is 62.2 Å². The van der Waals surface area contributed by atoms with Crippen LogP contribution in [0.15, 0.2) is 273 Å². The van der Waals surface area contributed by atoms with Gasteiger partial charge in [-0.05, 0) is 125 Å². The van der Waals surface area contributed by atoms with Crippen molar-refractivity contribution in [2.45, 2.75) is 0 Å². The van der Waals surface area contributed by atoms with Crippen molar-refractivity contribution in [2.75, 3.05) is 9.80 Å². The number of aromatic nitrogens is 3. The molecular formula is C74H45N9. The fourth-order valence-corrected chi connectivity index (χ4v) is 11.0. The van der Waals surface area contributed by atoms with Crippen LogP contribution >= 0.6 is 0 Å². The van der Waals surface area contributed by atoms with Crippen molar-refractivity contribution in [3.63, 3.8) is 0 Å². The van der Waals surface area contributed by atoms with E-state index in [1.54, 1.807) is 12.1 Å². The van der Waals surface area contributed by atoms with E-state index < -0.39 is 0 Å². The third-order valence-corrected chi connectivity index (χ3v) is 14.9. The molecule has 386 valence electrons. The Morgan fingerprint density at radius 3 is 1.23 bits per heavy atom. The van der Waals surface area contributed by atoms with Crippen molar-refractivity contribution in [3.8, 4) is 67.9 Å². The molecule has 2 heterocycles. The molecule has 0 unspecified atom stereocenters. The maximum Gasteiger partial charge on any atom is 0.211 e. The SMILES string of the molecule is [C-]#[N+]c1ccccc1-c1cc(-c2ccc(-c3ccc(-c4cc([N+]#[C-])c(-n5c6ccc(N(c7ccccc7)c7ccccc7)cc6c6cc(N(c7ccccc7)c7ccccc7)ccc65)cc4C#N)cc3)cc2)nc(-c2ccccc2[N+]#[C-])n1. The summed E-state index contributed by atoms with van der Waals surface area (Å²) in [5.41, 5.74) is 16.9. The van der Waals surface area contributed by atoms with Gasteiger partial charge >= 0.3 is 0 Å². The minimum atomic E-state index is 0.400. The number of benzene rings is 11. The summed E-state index contributed by atoms with van der Waals surface area (Å²) in [6.45, 7) is 24.4. The predicted octanol–water partition coefficient (Wildman–Crippen LogP) is 20.4. The highest BCUT2D eigenvalue weighted by molar-refractivity contribution is 6.12. The van der Waals surface area contributed by atoms with E-state index in [1.807, 2.05) is 176 Å². The second-order valence-electron chi connectivity index (χ2n) is 19.7. The molecule has 2 aromatic heterocycles. The summed E-state index contributed by atoms with van der Waals surface area (Å²) in [6, 6.07) is 93.3. The van der Waals surface area contributed by atoms with E-state index in [9.17, 15) is 5.26 Å². The summed E-state index contributed by atoms with van der Waals surface area (Å²) >= 11 is 0. The zero-order chi connectivity index (χ0) is 56.2. The van der Waals surface area contributed by atoms with Crippen LogP contribution in [0.4, 0.5) is 51.2 Å². The molecule has 13 rings (SSSR count). The van der Waals surface area contributed by atoms with E-state index in [2.05, 4.69) is 120 Å². The first-order chi connectivity index (χ1) is 41.0. The minimum Gasteiger partial charge on any atom is -0.319 e. The number of anilines is 6. The van der Waals surface area contributed by atoms with E-state index >= 15 is 0 Å². The lowest BCUT2D eigenvalue weighted by molar-refractivity contribution is 1.18. The number of nitrogens with zero attached hydrogens (tertiary/aromatic N) is 9. The molecule has 11 aromatic carbocycles. The van der Waals surface area contributed by atoms with Crippen molar-refractivity contribution in [1.29, 1.82) is 5.26 Å². The van der Waals surface area contributed by atoms with Gasteiger partial charge in [0.2, 0.25) is 5.69 Å². The first kappa shape index (κ1) is 50.4. The largest absolute Gasteiger partial charge is 0.319 e. The van der Waals surface area contributed by atoms with Crippen LogP contribution in [0.5, 0.6) is 0 Å². The fourth-order valence-electron chi connectivity index (χ4n) is 11.0. The van der Waals surface area contributed by atoms with Crippen molar-refractivity contribution in [2.24, 2.45) is 0 Å². The number of nitriles is 1. The Morgan fingerprint density at radius 2 is 0.759 bits per heavy atom. The molecule has 0 aliphatic heterocycles. The van der Waals surface area contributed by atoms with Crippen LogP contribution in [0.25, 0.3) is 98.2 Å². The van der Waals surface area contributed by atoms with Gasteiger partial charge in [-0.2, -0.15) is 5.26 Å². The van der Waals surface area contributed by atoms with Gasteiger partial charge in [0.25, 0.3) is 0 Å². The van der Waals surface area contributed by atoms with Gasteiger partial charge in [0, 0.05) is 61.6 Å². The number of rotatable bonds is 12. The van der Waals surface area contributed by atoms with Gasteiger partial charge in [-0.15, -0.1) is 0 Å². The number of para-hydroxylation sites is 6. The van der Waals surface area contributed by atoms with Crippen molar-refractivity contribution in [1.82, 2.24) is 14.5 Å². The van der Waals surface area contributed by atoms with Crippen molar-refractivity contribution < 1.29 is 0 Å². The highest BCUT2D eigenvalue weighted by Gasteiger charge is 2.23. The molecule has 0 saturated carbocycles. The van der Waals surface area contributed by atoms with Crippen LogP contribution < -0.4 is 9.80 Å². The summed E-state index contributed by atoms with van der Waals surface area (Å²) in [4.78, 5) is 26.1. The minimum absolute atomic E-state index is 0.400. The van der Waals surface area contributed by atoms with Crippen molar-refractivity contribution in [3.05, 3.63) is 313 Å². The summed E-state index contributed by atoms with van der Waals surface area (Å²) < 4.78 is 2.13. The molecule has 9 nitrogen and oxygen atoms in total. The predicted molar refractivity (Wildman–Crippen MR) is 336 cm³/mol. The van der Waals surface area contributed by atoms with Gasteiger partial charge in [-0.25, -0.2) is 24.5 Å². The van der Waals surface area contributed by atoms with E-state index in [4.69, 9.17) is 29.7 Å². The standard InChI is InChI=1S/C74H45N9/c1-76-66-30-18-16-28-61(66)69-48-68(79-74(80-69)62-29-17-19-31-67(62)77-2)53-38-34-51(35-39-53)50-32-36-52(37-33-50)63-47-70(78-3)73(44-54(63)49-75)83-71-42-40-59(81(55-20-8-4-9-21-55)56-22-10-5-11-23-56)45-64(71)65-46-60(41-43-72(65)83)82(57-24-12-6-13-25-57)58-26-14-7-15-27-58/h4-48H. The molecule has 0 N–H and O–H groups in total. The highest BCUT2D eigenvalue weighted by atomic mass is 15.2. The van der Waals surface area contributed by atoms with Crippen LogP contribution in [0.2, 0.25) is 0 Å². The number of hydrogen-bond acceptors (Lipinski definition) is 5. The Morgan fingerprint density at radius 1 is 0.349 bits per heavy atom. The normalized spacial score (nSPS) is 10.8. The molecule has 13 aromatic rings. The molecule has 0 aliphatic rings. The van der Waals surface area contributed by atoms with Crippen LogP contribution in [0.3, 0.4) is 0 Å². The van der Waals surface area contributed by atoms with Crippen molar-refractivity contribution >= 4 is 73.0 Å². The molecule has 0 saturated heterocycles. The van der Waals surface area contributed by atoms with Crippen LogP contribution in [-0.2, 0) is 0 Å². The maximum absolute atomic E-state index is 11.0. The Hall–Kier alpha value is -12.1. The van der Waals surface area contributed by atoms with E-state index in [0.717, 1.165) is 78.2 Å². The lowest BCUT2D eigenvalue weighted by Crippen LogP contribution is -2.09. The summed E-state index contributed by atoms with van der Waals surface area (Å²) in [7, 11) is 0. The third kappa shape index (κ3) is 9.52.